The Hall–Kier alpha value is -2.81. The first-order chi connectivity index (χ1) is 10.7. The number of ether oxygens (including phenoxy) is 1. The second-order valence-electron chi connectivity index (χ2n) is 5.17. The first kappa shape index (κ1) is 14.1. The summed E-state index contributed by atoms with van der Waals surface area (Å²) in [7, 11) is 0. The zero-order valence-corrected chi connectivity index (χ0v) is 12.7. The maximum Gasteiger partial charge on any atom is 0.127 e. The highest BCUT2D eigenvalue weighted by molar-refractivity contribution is 5.61. The van der Waals surface area contributed by atoms with Gasteiger partial charge in [-0.25, -0.2) is 4.68 Å². The van der Waals surface area contributed by atoms with Gasteiger partial charge in [0.25, 0.3) is 0 Å². The van der Waals surface area contributed by atoms with Crippen molar-refractivity contribution < 1.29 is 4.74 Å². The van der Waals surface area contributed by atoms with Crippen LogP contribution in [-0.2, 0) is 0 Å². The normalized spacial score (nSPS) is 11.0. The number of aromatic nitrogens is 2. The Kier molecular flexibility index (Phi) is 4.05. The Morgan fingerprint density at radius 2 is 1.59 bits per heavy atom. The number of hydrogen-bond donors (Lipinski definition) is 0. The number of benzene rings is 2. The molecule has 0 aliphatic heterocycles. The van der Waals surface area contributed by atoms with Crippen molar-refractivity contribution in [2.24, 2.45) is 0 Å². The smallest absolute Gasteiger partial charge is 0.127 e. The van der Waals surface area contributed by atoms with E-state index in [0.717, 1.165) is 28.5 Å². The SMILES string of the molecule is Cc1cc(C)n(/C=C/c2ccc(Oc3ccccc3)cc2)n1. The highest BCUT2D eigenvalue weighted by Gasteiger charge is 1.98. The van der Waals surface area contributed by atoms with Crippen molar-refractivity contribution in [2.45, 2.75) is 13.8 Å². The van der Waals surface area contributed by atoms with Crippen molar-refractivity contribution in [1.29, 1.82) is 0 Å². The van der Waals surface area contributed by atoms with Gasteiger partial charge in [-0.15, -0.1) is 0 Å². The molecule has 0 N–H and O–H groups in total. The molecule has 0 bridgehead atoms. The molecule has 2 aromatic carbocycles. The molecule has 1 aromatic heterocycles. The molecule has 0 aliphatic carbocycles. The fraction of sp³-hybridized carbons (Fsp3) is 0.105. The summed E-state index contributed by atoms with van der Waals surface area (Å²) in [5.41, 5.74) is 3.25. The lowest BCUT2D eigenvalue weighted by molar-refractivity contribution is 0.482. The standard InChI is InChI=1S/C19H18N2O/c1-15-14-16(2)21(20-15)13-12-17-8-10-19(11-9-17)22-18-6-4-3-5-7-18/h3-14H,1-2H3/b13-12+. The molecule has 0 amide bonds. The van der Waals surface area contributed by atoms with Gasteiger partial charge in [0.2, 0.25) is 0 Å². The Bertz CT molecular complexity index is 771. The topological polar surface area (TPSA) is 27.1 Å². The van der Waals surface area contributed by atoms with E-state index in [9.17, 15) is 0 Å². The van der Waals surface area contributed by atoms with E-state index < -0.39 is 0 Å². The maximum absolute atomic E-state index is 5.78. The molecule has 3 nitrogen and oxygen atoms in total. The van der Waals surface area contributed by atoms with E-state index in [1.54, 1.807) is 0 Å². The molecule has 0 atom stereocenters. The summed E-state index contributed by atoms with van der Waals surface area (Å²) in [6.45, 7) is 4.04. The molecule has 3 rings (SSSR count). The predicted octanol–water partition coefficient (Wildman–Crippen LogP) is 4.92. The minimum atomic E-state index is 0.828. The summed E-state index contributed by atoms with van der Waals surface area (Å²) < 4.78 is 7.66. The molecule has 0 fully saturated rings. The summed E-state index contributed by atoms with van der Waals surface area (Å²) >= 11 is 0. The number of hydrogen-bond acceptors (Lipinski definition) is 2. The van der Waals surface area contributed by atoms with E-state index in [-0.39, 0.29) is 0 Å². The molecule has 0 unspecified atom stereocenters. The van der Waals surface area contributed by atoms with Crippen molar-refractivity contribution in [3.63, 3.8) is 0 Å². The van der Waals surface area contributed by atoms with Gasteiger partial charge < -0.3 is 4.74 Å². The third-order valence-corrected chi connectivity index (χ3v) is 3.31. The summed E-state index contributed by atoms with van der Waals surface area (Å²) in [5.74, 6) is 1.67. The molecule has 3 aromatic rings. The fourth-order valence-electron chi connectivity index (χ4n) is 2.23. The maximum atomic E-state index is 5.78. The van der Waals surface area contributed by atoms with Crippen LogP contribution in [0.2, 0.25) is 0 Å². The van der Waals surface area contributed by atoms with Crippen molar-refractivity contribution in [2.75, 3.05) is 0 Å². The van der Waals surface area contributed by atoms with E-state index in [1.807, 2.05) is 85.4 Å². The average Bonchev–Trinajstić information content (AvgIpc) is 2.85. The van der Waals surface area contributed by atoms with E-state index in [4.69, 9.17) is 4.74 Å². The van der Waals surface area contributed by atoms with E-state index >= 15 is 0 Å². The van der Waals surface area contributed by atoms with Crippen LogP contribution in [0.15, 0.2) is 60.7 Å². The van der Waals surface area contributed by atoms with Gasteiger partial charge >= 0.3 is 0 Å². The Labute approximate surface area is 130 Å². The molecule has 110 valence electrons. The second kappa shape index (κ2) is 6.31. The molecule has 0 saturated heterocycles. The average molecular weight is 290 g/mol. The van der Waals surface area contributed by atoms with Crippen LogP contribution < -0.4 is 4.74 Å². The van der Waals surface area contributed by atoms with Gasteiger partial charge in [-0.1, -0.05) is 30.3 Å². The van der Waals surface area contributed by atoms with Gasteiger partial charge in [0, 0.05) is 11.9 Å². The van der Waals surface area contributed by atoms with Crippen molar-refractivity contribution in [1.82, 2.24) is 9.78 Å². The Balaban J connectivity index is 1.70. The highest BCUT2D eigenvalue weighted by Crippen LogP contribution is 2.21. The third-order valence-electron chi connectivity index (χ3n) is 3.31. The summed E-state index contributed by atoms with van der Waals surface area (Å²) in [4.78, 5) is 0. The van der Waals surface area contributed by atoms with Gasteiger partial charge in [0.05, 0.1) is 5.69 Å². The van der Waals surface area contributed by atoms with Gasteiger partial charge in [-0.2, -0.15) is 5.10 Å². The van der Waals surface area contributed by atoms with Crippen LogP contribution in [-0.4, -0.2) is 9.78 Å². The van der Waals surface area contributed by atoms with Crippen LogP contribution in [0.1, 0.15) is 17.0 Å². The van der Waals surface area contributed by atoms with E-state index in [0.29, 0.717) is 0 Å². The van der Waals surface area contributed by atoms with Crippen molar-refractivity contribution in [3.05, 3.63) is 77.6 Å². The van der Waals surface area contributed by atoms with Crippen LogP contribution in [0.3, 0.4) is 0 Å². The molecule has 22 heavy (non-hydrogen) atoms. The zero-order chi connectivity index (χ0) is 15.4. The summed E-state index contributed by atoms with van der Waals surface area (Å²) in [6, 6.07) is 19.8. The predicted molar refractivity (Wildman–Crippen MR) is 89.9 cm³/mol. The van der Waals surface area contributed by atoms with Crippen LogP contribution in [0.5, 0.6) is 11.5 Å². The quantitative estimate of drug-likeness (QED) is 0.682. The number of rotatable bonds is 4. The molecule has 1 heterocycles. The largest absolute Gasteiger partial charge is 0.457 e. The molecule has 3 heteroatoms. The van der Waals surface area contributed by atoms with E-state index in [1.165, 1.54) is 0 Å². The monoisotopic (exact) mass is 290 g/mol. The molecule has 0 aliphatic rings. The second-order valence-corrected chi connectivity index (χ2v) is 5.17. The van der Waals surface area contributed by atoms with Gasteiger partial charge in [0.1, 0.15) is 11.5 Å². The van der Waals surface area contributed by atoms with Crippen LogP contribution in [0, 0.1) is 13.8 Å². The third kappa shape index (κ3) is 3.44. The highest BCUT2D eigenvalue weighted by atomic mass is 16.5. The van der Waals surface area contributed by atoms with Gasteiger partial charge in [0.15, 0.2) is 0 Å². The summed E-state index contributed by atoms with van der Waals surface area (Å²) in [6.07, 6.45) is 4.00. The van der Waals surface area contributed by atoms with Gasteiger partial charge in [-0.3, -0.25) is 0 Å². The van der Waals surface area contributed by atoms with E-state index in [2.05, 4.69) is 11.2 Å². The molecular formula is C19H18N2O. The number of para-hydroxylation sites is 1. The minimum absolute atomic E-state index is 0.828. The first-order valence-corrected chi connectivity index (χ1v) is 7.25. The van der Waals surface area contributed by atoms with Gasteiger partial charge in [-0.05, 0) is 55.8 Å². The molecule has 0 spiro atoms. The first-order valence-electron chi connectivity index (χ1n) is 7.25. The summed E-state index contributed by atoms with van der Waals surface area (Å²) in [5, 5.41) is 4.40. The fourth-order valence-corrected chi connectivity index (χ4v) is 2.23. The van der Waals surface area contributed by atoms with Crippen molar-refractivity contribution >= 4 is 12.3 Å². The number of aryl methyl sites for hydroxylation is 2. The molecule has 0 saturated carbocycles. The number of nitrogens with zero attached hydrogens (tertiary/aromatic N) is 2. The Morgan fingerprint density at radius 1 is 0.909 bits per heavy atom. The Morgan fingerprint density at radius 3 is 2.23 bits per heavy atom. The van der Waals surface area contributed by atoms with Crippen LogP contribution in [0.25, 0.3) is 12.3 Å². The lowest BCUT2D eigenvalue weighted by atomic mass is 10.2. The minimum Gasteiger partial charge on any atom is -0.457 e. The lowest BCUT2D eigenvalue weighted by Gasteiger charge is -2.05. The van der Waals surface area contributed by atoms with Crippen molar-refractivity contribution in [3.8, 4) is 11.5 Å². The lowest BCUT2D eigenvalue weighted by Crippen LogP contribution is -1.91. The van der Waals surface area contributed by atoms with Crippen LogP contribution in [0.4, 0.5) is 0 Å². The van der Waals surface area contributed by atoms with Crippen LogP contribution >= 0.6 is 0 Å². The molecule has 0 radical (unpaired) electrons. The zero-order valence-electron chi connectivity index (χ0n) is 12.7. The molecular weight excluding hydrogens is 272 g/mol.